The summed E-state index contributed by atoms with van der Waals surface area (Å²) in [5, 5.41) is 3.21. The molecule has 2 rings (SSSR count). The van der Waals surface area contributed by atoms with Crippen molar-refractivity contribution in [2.45, 2.75) is 25.9 Å². The van der Waals surface area contributed by atoms with Gasteiger partial charge in [-0.05, 0) is 30.7 Å². The van der Waals surface area contributed by atoms with Gasteiger partial charge in [0.1, 0.15) is 18.3 Å². The fourth-order valence-electron chi connectivity index (χ4n) is 3.37. The molecule has 0 bridgehead atoms. The monoisotopic (exact) mass is 515 g/mol. The van der Waals surface area contributed by atoms with E-state index in [1.807, 2.05) is 0 Å². The van der Waals surface area contributed by atoms with E-state index >= 15 is 0 Å². The number of amides is 2. The summed E-state index contributed by atoms with van der Waals surface area (Å²) in [5.74, 6) is -0.704. The molecule has 0 aliphatic rings. The van der Waals surface area contributed by atoms with Crippen LogP contribution in [0.3, 0.4) is 0 Å². The van der Waals surface area contributed by atoms with E-state index in [4.69, 9.17) is 27.9 Å². The highest BCUT2D eigenvalue weighted by Gasteiger charge is 2.32. The number of ether oxygens (including phenoxy) is 1. The molecule has 0 radical (unpaired) electrons. The van der Waals surface area contributed by atoms with Crippen LogP contribution in [0.4, 0.5) is 5.69 Å². The van der Waals surface area contributed by atoms with Gasteiger partial charge in [-0.15, -0.1) is 0 Å². The number of hydrogen-bond donors (Lipinski definition) is 1. The van der Waals surface area contributed by atoms with Gasteiger partial charge < -0.3 is 15.0 Å². The van der Waals surface area contributed by atoms with E-state index in [1.54, 1.807) is 49.4 Å². The van der Waals surface area contributed by atoms with Crippen LogP contribution in [0.2, 0.25) is 10.0 Å². The van der Waals surface area contributed by atoms with Gasteiger partial charge in [-0.2, -0.15) is 0 Å². The molecule has 1 N–H and O–H groups in total. The number of nitrogens with zero attached hydrogens (tertiary/aromatic N) is 2. The highest BCUT2D eigenvalue weighted by molar-refractivity contribution is 7.92. The number of carbonyl (C=O) groups is 2. The first kappa shape index (κ1) is 26.8. The number of carbonyl (C=O) groups excluding carboxylic acids is 2. The van der Waals surface area contributed by atoms with E-state index in [0.29, 0.717) is 22.0 Å². The molecule has 0 aliphatic carbocycles. The van der Waals surface area contributed by atoms with Gasteiger partial charge in [-0.25, -0.2) is 8.42 Å². The van der Waals surface area contributed by atoms with E-state index in [-0.39, 0.29) is 18.0 Å². The molecule has 2 aromatic rings. The summed E-state index contributed by atoms with van der Waals surface area (Å²) in [5.41, 5.74) is 0.666. The Kier molecular flexibility index (Phi) is 9.39. The van der Waals surface area contributed by atoms with Crippen molar-refractivity contribution in [2.75, 3.05) is 31.3 Å². The van der Waals surface area contributed by atoms with Gasteiger partial charge in [0.05, 0.1) is 19.1 Å². The largest absolute Gasteiger partial charge is 0.495 e. The van der Waals surface area contributed by atoms with E-state index < -0.39 is 34.4 Å². The Morgan fingerprint density at radius 2 is 1.70 bits per heavy atom. The molecule has 180 valence electrons. The van der Waals surface area contributed by atoms with Crippen LogP contribution < -0.4 is 14.4 Å². The first-order valence-electron chi connectivity index (χ1n) is 10.1. The van der Waals surface area contributed by atoms with Crippen molar-refractivity contribution in [2.24, 2.45) is 0 Å². The van der Waals surface area contributed by atoms with Crippen LogP contribution in [-0.4, -0.2) is 58.1 Å². The number of methoxy groups -OCH3 is 1. The fraction of sp³-hybridized carbons (Fsp3) is 0.364. The molecule has 0 fully saturated rings. The second kappa shape index (κ2) is 11.6. The Bertz CT molecular complexity index is 1090. The Labute approximate surface area is 204 Å². The number of hydrogen-bond acceptors (Lipinski definition) is 5. The SMILES string of the molecule is CCC(C(=O)NC)N(Cc1c(Cl)cccc1Cl)C(=O)CN(c1ccccc1OC)S(C)(=O)=O. The minimum atomic E-state index is -3.87. The minimum Gasteiger partial charge on any atom is -0.495 e. The lowest BCUT2D eigenvalue weighted by atomic mass is 10.1. The van der Waals surface area contributed by atoms with Gasteiger partial charge in [0.25, 0.3) is 0 Å². The average molecular weight is 516 g/mol. The van der Waals surface area contributed by atoms with Gasteiger partial charge in [-0.1, -0.05) is 48.3 Å². The fourth-order valence-corrected chi connectivity index (χ4v) is 4.74. The topological polar surface area (TPSA) is 96.0 Å². The maximum atomic E-state index is 13.5. The Morgan fingerprint density at radius 3 is 2.21 bits per heavy atom. The predicted octanol–water partition coefficient (Wildman–Crippen LogP) is 3.32. The van der Waals surface area contributed by atoms with Crippen LogP contribution in [0.15, 0.2) is 42.5 Å². The zero-order chi connectivity index (χ0) is 24.8. The zero-order valence-electron chi connectivity index (χ0n) is 18.8. The molecular weight excluding hydrogens is 489 g/mol. The summed E-state index contributed by atoms with van der Waals surface area (Å²) in [6.45, 7) is 1.13. The Balaban J connectivity index is 2.52. The number of likely N-dealkylation sites (N-methyl/N-ethyl adjacent to an activating group) is 1. The highest BCUT2D eigenvalue weighted by Crippen LogP contribution is 2.31. The van der Waals surface area contributed by atoms with E-state index in [0.717, 1.165) is 10.6 Å². The maximum absolute atomic E-state index is 13.5. The lowest BCUT2D eigenvalue weighted by Crippen LogP contribution is -2.51. The molecular formula is C22H27Cl2N3O5S. The number of halogens is 2. The van der Waals surface area contributed by atoms with Crippen LogP contribution in [0, 0.1) is 0 Å². The molecule has 33 heavy (non-hydrogen) atoms. The number of nitrogens with one attached hydrogen (secondary N) is 1. The molecule has 2 aromatic carbocycles. The second-order valence-electron chi connectivity index (χ2n) is 7.20. The average Bonchev–Trinajstić information content (AvgIpc) is 2.77. The lowest BCUT2D eigenvalue weighted by Gasteiger charge is -2.33. The number of para-hydroxylation sites is 2. The van der Waals surface area contributed by atoms with Crippen molar-refractivity contribution in [1.29, 1.82) is 0 Å². The smallest absolute Gasteiger partial charge is 0.244 e. The number of anilines is 1. The molecule has 1 unspecified atom stereocenters. The molecule has 0 heterocycles. The lowest BCUT2D eigenvalue weighted by molar-refractivity contribution is -0.140. The van der Waals surface area contributed by atoms with Gasteiger partial charge in [0.15, 0.2) is 0 Å². The number of benzene rings is 2. The van der Waals surface area contributed by atoms with Crippen LogP contribution in [0.25, 0.3) is 0 Å². The van der Waals surface area contributed by atoms with Crippen LogP contribution in [-0.2, 0) is 26.2 Å². The first-order chi connectivity index (χ1) is 15.5. The summed E-state index contributed by atoms with van der Waals surface area (Å²) < 4.78 is 31.5. The van der Waals surface area contributed by atoms with Crippen molar-refractivity contribution < 1.29 is 22.7 Å². The summed E-state index contributed by atoms with van der Waals surface area (Å²) in [6.07, 6.45) is 1.29. The standard InChI is InChI=1S/C22H27Cl2N3O5S/c1-5-18(22(29)25-2)26(13-15-16(23)9-8-10-17(15)24)21(28)14-27(33(4,30)31)19-11-6-7-12-20(19)32-3/h6-12,18H,5,13-14H2,1-4H3,(H,25,29). The van der Waals surface area contributed by atoms with Crippen molar-refractivity contribution in [3.8, 4) is 5.75 Å². The molecule has 0 aliphatic heterocycles. The third-order valence-electron chi connectivity index (χ3n) is 5.06. The second-order valence-corrected chi connectivity index (χ2v) is 9.92. The molecule has 11 heteroatoms. The van der Waals surface area contributed by atoms with Crippen molar-refractivity contribution in [1.82, 2.24) is 10.2 Å². The predicted molar refractivity (Wildman–Crippen MR) is 130 cm³/mol. The summed E-state index contributed by atoms with van der Waals surface area (Å²) >= 11 is 12.6. The van der Waals surface area contributed by atoms with Crippen molar-refractivity contribution in [3.63, 3.8) is 0 Å². The molecule has 0 aromatic heterocycles. The maximum Gasteiger partial charge on any atom is 0.244 e. The van der Waals surface area contributed by atoms with E-state index in [9.17, 15) is 18.0 Å². The molecule has 2 amide bonds. The number of sulfonamides is 1. The third kappa shape index (κ3) is 6.52. The summed E-state index contributed by atoms with van der Waals surface area (Å²) in [6, 6.07) is 10.5. The van der Waals surface area contributed by atoms with Gasteiger partial charge in [0, 0.05) is 29.2 Å². The molecule has 0 spiro atoms. The quantitative estimate of drug-likeness (QED) is 0.523. The van der Waals surface area contributed by atoms with Crippen molar-refractivity contribution in [3.05, 3.63) is 58.1 Å². The Hall–Kier alpha value is -2.49. The summed E-state index contributed by atoms with van der Waals surface area (Å²) in [7, 11) is -0.999. The Morgan fingerprint density at radius 1 is 1.09 bits per heavy atom. The van der Waals surface area contributed by atoms with Crippen LogP contribution >= 0.6 is 23.2 Å². The minimum absolute atomic E-state index is 0.0766. The summed E-state index contributed by atoms with van der Waals surface area (Å²) in [4.78, 5) is 27.4. The van der Waals surface area contributed by atoms with E-state index in [2.05, 4.69) is 5.32 Å². The molecule has 0 saturated carbocycles. The molecule has 8 nitrogen and oxygen atoms in total. The molecule has 0 saturated heterocycles. The van der Waals surface area contributed by atoms with Gasteiger partial charge in [0.2, 0.25) is 21.8 Å². The molecule has 1 atom stereocenters. The van der Waals surface area contributed by atoms with Gasteiger partial charge in [-0.3, -0.25) is 13.9 Å². The zero-order valence-corrected chi connectivity index (χ0v) is 21.2. The number of rotatable bonds is 10. The van der Waals surface area contributed by atoms with Crippen LogP contribution in [0.5, 0.6) is 5.75 Å². The van der Waals surface area contributed by atoms with E-state index in [1.165, 1.54) is 19.1 Å². The normalized spacial score (nSPS) is 12.1. The van der Waals surface area contributed by atoms with Crippen molar-refractivity contribution >= 4 is 50.7 Å². The first-order valence-corrected chi connectivity index (χ1v) is 12.7. The third-order valence-corrected chi connectivity index (χ3v) is 6.89. The van der Waals surface area contributed by atoms with Gasteiger partial charge >= 0.3 is 0 Å². The highest BCUT2D eigenvalue weighted by atomic mass is 35.5. The van der Waals surface area contributed by atoms with Crippen LogP contribution in [0.1, 0.15) is 18.9 Å².